The van der Waals surface area contributed by atoms with Crippen molar-refractivity contribution in [3.63, 3.8) is 0 Å². The number of nitro groups is 1. The largest absolute Gasteiger partial charge is 0.497 e. The molecule has 13 heteroatoms. The van der Waals surface area contributed by atoms with Gasteiger partial charge >= 0.3 is 0 Å². The van der Waals surface area contributed by atoms with Crippen LogP contribution in [0.1, 0.15) is 40.4 Å². The fourth-order valence-corrected chi connectivity index (χ4v) is 14.4. The highest BCUT2D eigenvalue weighted by Gasteiger charge is 2.67. The molecule has 320 valence electrons. The number of aliphatic hydroxyl groups is 1. The van der Waals surface area contributed by atoms with E-state index in [2.05, 4.69) is 13.1 Å². The Hall–Kier alpha value is -6.67. The first-order valence-corrected chi connectivity index (χ1v) is 24.3. The van der Waals surface area contributed by atoms with E-state index in [9.17, 15) is 24.8 Å². The van der Waals surface area contributed by atoms with Gasteiger partial charge in [0.1, 0.15) is 5.75 Å². The van der Waals surface area contributed by atoms with Gasteiger partial charge < -0.3 is 24.4 Å². The van der Waals surface area contributed by atoms with Crippen molar-refractivity contribution in [2.45, 2.75) is 56.8 Å². The molecule has 0 saturated carbocycles. The van der Waals surface area contributed by atoms with Crippen LogP contribution in [0.4, 0.5) is 22.7 Å². The number of non-ortho nitro benzene ring substituents is 1. The van der Waals surface area contributed by atoms with Gasteiger partial charge in [0, 0.05) is 47.8 Å². The smallest absolute Gasteiger partial charge is 0.269 e. The minimum atomic E-state index is -2.68. The molecule has 0 bridgehead atoms. The second-order valence-corrected chi connectivity index (χ2v) is 21.9. The average molecular weight is 861 g/mol. The third-order valence-corrected chi connectivity index (χ3v) is 17.8. The summed E-state index contributed by atoms with van der Waals surface area (Å²) >= 11 is 0. The van der Waals surface area contributed by atoms with E-state index in [0.29, 0.717) is 28.3 Å². The van der Waals surface area contributed by atoms with E-state index >= 15 is 4.79 Å². The maximum atomic E-state index is 15.5. The van der Waals surface area contributed by atoms with Gasteiger partial charge in [0.05, 0.1) is 62.7 Å². The van der Waals surface area contributed by atoms with Crippen LogP contribution in [0.25, 0.3) is 10.8 Å². The third kappa shape index (κ3) is 6.96. The molecule has 1 spiro atoms. The van der Waals surface area contributed by atoms with E-state index in [1.165, 1.54) is 12.1 Å². The van der Waals surface area contributed by atoms with Crippen molar-refractivity contribution in [2.24, 2.45) is 5.92 Å². The maximum absolute atomic E-state index is 15.5. The summed E-state index contributed by atoms with van der Waals surface area (Å²) in [4.78, 5) is 60.5. The Morgan fingerprint density at radius 3 is 2.29 bits per heavy atom. The molecule has 1 fully saturated rings. The van der Waals surface area contributed by atoms with Crippen LogP contribution < -0.4 is 19.7 Å². The lowest BCUT2D eigenvalue weighted by molar-refractivity contribution is -0.385. The van der Waals surface area contributed by atoms with E-state index in [1.54, 1.807) is 27.9 Å². The number of carbonyl (C=O) groups is 3. The third-order valence-electron chi connectivity index (χ3n) is 13.4. The van der Waals surface area contributed by atoms with Crippen LogP contribution in [-0.4, -0.2) is 67.1 Å². The molecule has 3 aliphatic rings. The molecule has 1 N–H and O–H groups in total. The number of methoxy groups -OCH3 is 1. The van der Waals surface area contributed by atoms with Crippen LogP contribution in [0, 0.1) is 16.0 Å². The first kappa shape index (κ1) is 41.7. The summed E-state index contributed by atoms with van der Waals surface area (Å²) in [5, 5.41) is 25.4. The van der Waals surface area contributed by atoms with Gasteiger partial charge in [0.2, 0.25) is 5.91 Å². The summed E-state index contributed by atoms with van der Waals surface area (Å²) in [5.74, 6) is -0.525. The Morgan fingerprint density at radius 2 is 1.60 bits per heavy atom. The Labute approximate surface area is 366 Å². The lowest BCUT2D eigenvalue weighted by atomic mass is 9.82. The topological polar surface area (TPSA) is 143 Å². The van der Waals surface area contributed by atoms with Gasteiger partial charge in [-0.25, -0.2) is 0 Å². The number of aliphatic hydroxyl groups excluding tert-OH is 1. The fourth-order valence-electron chi connectivity index (χ4n) is 10.4. The molecule has 3 heterocycles. The van der Waals surface area contributed by atoms with E-state index in [1.807, 2.05) is 122 Å². The van der Waals surface area contributed by atoms with Crippen LogP contribution in [0.5, 0.6) is 5.75 Å². The second-order valence-electron chi connectivity index (χ2n) is 17.2. The minimum absolute atomic E-state index is 0.0675. The van der Waals surface area contributed by atoms with Gasteiger partial charge in [-0.05, 0) is 64.5 Å². The number of nitro benzene ring substituents is 1. The molecular formula is C50H48N4O8Si. The van der Waals surface area contributed by atoms with Gasteiger partial charge in [-0.15, -0.1) is 0 Å². The quantitative estimate of drug-likeness (QED) is 0.0696. The molecule has 63 heavy (non-hydrogen) atoms. The predicted molar refractivity (Wildman–Crippen MR) is 244 cm³/mol. The number of nitrogens with zero attached hydrogens (tertiary/aromatic N) is 4. The highest BCUT2D eigenvalue weighted by Crippen LogP contribution is 2.60. The number of fused-ring (bicyclic) bond motifs is 2. The first-order valence-electron chi connectivity index (χ1n) is 21.2. The van der Waals surface area contributed by atoms with Crippen molar-refractivity contribution in [3.8, 4) is 5.75 Å². The zero-order valence-electron chi connectivity index (χ0n) is 35.6. The van der Waals surface area contributed by atoms with Gasteiger partial charge in [-0.2, -0.15) is 0 Å². The maximum Gasteiger partial charge on any atom is 0.269 e. The standard InChI is InChI=1S/C50H48N4O8Si/c1-32-47(63(3,4)39-23-21-38(61-2)22-24-39)44(29-45(56)51(26-27-55)30-33-10-6-5-7-11-33)62-50(32)41-28-37(54(59)60)20-25-42(41)52(49(50)58)31-34-16-18-36(19-17-34)53-43-15-9-13-35-12-8-14-40(46(35)43)48(53)57/h5-25,28,32,44,47,55H,26-27,29-31H2,1-4H3/t32-,44+,47-,50+/m1/s1. The van der Waals surface area contributed by atoms with Crippen LogP contribution in [-0.2, 0) is 33.0 Å². The molecule has 6 aromatic rings. The number of amides is 3. The predicted octanol–water partition coefficient (Wildman–Crippen LogP) is 8.22. The molecule has 4 atom stereocenters. The number of ether oxygens (including phenoxy) is 2. The Balaban J connectivity index is 1.08. The van der Waals surface area contributed by atoms with Crippen molar-refractivity contribution in [2.75, 3.05) is 30.1 Å². The number of hydrogen-bond acceptors (Lipinski definition) is 8. The van der Waals surface area contributed by atoms with Gasteiger partial charge in [0.15, 0.2) is 5.60 Å². The van der Waals surface area contributed by atoms with Crippen LogP contribution in [0.2, 0.25) is 18.6 Å². The molecule has 0 aromatic heterocycles. The summed E-state index contributed by atoms with van der Waals surface area (Å²) in [5.41, 5.74) is 2.58. The van der Waals surface area contributed by atoms with E-state index in [0.717, 1.165) is 32.8 Å². The van der Waals surface area contributed by atoms with Crippen molar-refractivity contribution < 1.29 is 33.9 Å². The summed E-state index contributed by atoms with van der Waals surface area (Å²) < 4.78 is 12.7. The lowest BCUT2D eigenvalue weighted by Crippen LogP contribution is -2.52. The SMILES string of the molecule is COc1ccc([Si](C)(C)[C@H]2[C@H](CC(=O)N(CCO)Cc3ccccc3)O[C@@]3(C(=O)N(Cc4ccc(N5C(=O)c6cccc7cccc5c67)cc4)c4ccc([N+](=O)[O-])cc43)[C@@H]2C)cc1. The Kier molecular flexibility index (Phi) is 10.7. The van der Waals surface area contributed by atoms with E-state index < -0.39 is 30.6 Å². The van der Waals surface area contributed by atoms with Crippen LogP contribution in [0.15, 0.2) is 133 Å². The van der Waals surface area contributed by atoms with E-state index in [-0.39, 0.29) is 61.6 Å². The lowest BCUT2D eigenvalue weighted by Gasteiger charge is -2.37. The Bertz CT molecular complexity index is 2760. The summed E-state index contributed by atoms with van der Waals surface area (Å²) in [6, 6.07) is 41.0. The number of benzene rings is 6. The highest BCUT2D eigenvalue weighted by atomic mass is 28.3. The van der Waals surface area contributed by atoms with Crippen molar-refractivity contribution >= 4 is 64.5 Å². The summed E-state index contributed by atoms with van der Waals surface area (Å²) in [6.45, 7) is 6.69. The normalized spacial score (nSPS) is 20.2. The number of rotatable bonds is 13. The molecule has 0 unspecified atom stereocenters. The zero-order chi connectivity index (χ0) is 44.2. The molecule has 12 nitrogen and oxygen atoms in total. The molecule has 3 aliphatic heterocycles. The molecule has 9 rings (SSSR count). The summed E-state index contributed by atoms with van der Waals surface area (Å²) in [6.07, 6.45) is -0.822. The molecule has 0 radical (unpaired) electrons. The molecule has 3 amide bonds. The van der Waals surface area contributed by atoms with Gasteiger partial charge in [-0.3, -0.25) is 29.4 Å². The van der Waals surface area contributed by atoms with E-state index in [4.69, 9.17) is 9.47 Å². The number of carbonyl (C=O) groups excluding carboxylic acids is 3. The average Bonchev–Trinajstić information content (AvgIpc) is 3.84. The monoisotopic (exact) mass is 860 g/mol. The van der Waals surface area contributed by atoms with Crippen molar-refractivity contribution in [1.29, 1.82) is 0 Å². The second kappa shape index (κ2) is 16.2. The highest BCUT2D eigenvalue weighted by molar-refractivity contribution is 6.91. The minimum Gasteiger partial charge on any atom is -0.497 e. The fraction of sp³-hybridized carbons (Fsp3) is 0.260. The molecular weight excluding hydrogens is 813 g/mol. The molecule has 6 aromatic carbocycles. The molecule has 0 aliphatic carbocycles. The first-order chi connectivity index (χ1) is 30.4. The number of anilines is 3. The van der Waals surface area contributed by atoms with Gasteiger partial charge in [0.25, 0.3) is 17.5 Å². The Morgan fingerprint density at radius 1 is 0.889 bits per heavy atom. The summed E-state index contributed by atoms with van der Waals surface area (Å²) in [7, 11) is -1.07. The van der Waals surface area contributed by atoms with Crippen LogP contribution in [0.3, 0.4) is 0 Å². The van der Waals surface area contributed by atoms with Crippen molar-refractivity contribution in [3.05, 3.63) is 166 Å². The van der Waals surface area contributed by atoms with Crippen LogP contribution >= 0.6 is 0 Å². The zero-order valence-corrected chi connectivity index (χ0v) is 36.6. The number of hydrogen-bond donors (Lipinski definition) is 1. The molecule has 1 saturated heterocycles. The van der Waals surface area contributed by atoms with Gasteiger partial charge in [-0.1, -0.05) is 104 Å². The van der Waals surface area contributed by atoms with Crippen molar-refractivity contribution in [1.82, 2.24) is 4.90 Å².